The molecule has 1 unspecified atom stereocenters. The first-order chi connectivity index (χ1) is 18.5. The van der Waals surface area contributed by atoms with Crippen molar-refractivity contribution in [2.45, 2.75) is 39.2 Å². The zero-order valence-electron chi connectivity index (χ0n) is 21.8. The van der Waals surface area contributed by atoms with Crippen LogP contribution in [0.1, 0.15) is 29.7 Å². The number of pyridine rings is 4. The van der Waals surface area contributed by atoms with Gasteiger partial charge in [0.1, 0.15) is 0 Å². The molecule has 0 aromatic carbocycles. The molecule has 0 amide bonds. The summed E-state index contributed by atoms with van der Waals surface area (Å²) in [5.41, 5.74) is 5.47. The molecule has 0 radical (unpaired) electrons. The van der Waals surface area contributed by atoms with E-state index in [0.717, 1.165) is 34.2 Å². The topological polar surface area (TPSA) is 90.3 Å². The van der Waals surface area contributed by atoms with E-state index in [1.54, 1.807) is 24.8 Å². The molecule has 8 nitrogen and oxygen atoms in total. The fourth-order valence-electron chi connectivity index (χ4n) is 4.31. The number of nitrogens with zero attached hydrogens (tertiary/aromatic N) is 6. The lowest BCUT2D eigenvalue weighted by molar-refractivity contribution is 0.0615. The summed E-state index contributed by atoms with van der Waals surface area (Å²) in [6.07, 6.45) is 6.55. The number of allylic oxidation sites excluding steroid dienone is 1. The molecule has 0 aliphatic heterocycles. The Bertz CT molecular complexity index is 1210. The van der Waals surface area contributed by atoms with E-state index >= 15 is 0 Å². The maximum Gasteiger partial charge on any atom is 0.0794 e. The molecule has 196 valence electrons. The van der Waals surface area contributed by atoms with Crippen molar-refractivity contribution < 1.29 is 5.11 Å². The highest BCUT2D eigenvalue weighted by Crippen LogP contribution is 2.18. The quantitative estimate of drug-likeness (QED) is 0.260. The molecule has 0 spiro atoms. The summed E-state index contributed by atoms with van der Waals surface area (Å²) in [7, 11) is 0. The fraction of sp³-hybridized carbons (Fsp3) is 0.267. The molecule has 0 saturated heterocycles. The fourth-order valence-corrected chi connectivity index (χ4v) is 4.31. The van der Waals surface area contributed by atoms with Crippen LogP contribution in [0.3, 0.4) is 0 Å². The molecule has 2 N–H and O–H groups in total. The van der Waals surface area contributed by atoms with Gasteiger partial charge in [-0.15, -0.1) is 0 Å². The normalized spacial score (nSPS) is 12.0. The Morgan fingerprint density at radius 2 is 1.18 bits per heavy atom. The van der Waals surface area contributed by atoms with E-state index in [1.807, 2.05) is 73.7 Å². The molecular formula is C30H35N7O. The summed E-state index contributed by atoms with van der Waals surface area (Å²) >= 11 is 0. The van der Waals surface area contributed by atoms with Crippen LogP contribution in [0, 0.1) is 0 Å². The van der Waals surface area contributed by atoms with Gasteiger partial charge in [0, 0.05) is 69.8 Å². The molecular weight excluding hydrogens is 474 g/mol. The Kier molecular flexibility index (Phi) is 10.0. The van der Waals surface area contributed by atoms with Crippen molar-refractivity contribution in [2.75, 3.05) is 18.4 Å². The second-order valence-electron chi connectivity index (χ2n) is 9.36. The highest BCUT2D eigenvalue weighted by Gasteiger charge is 2.19. The number of aliphatic hydroxyl groups is 1. The maximum atomic E-state index is 11.3. The second-order valence-corrected chi connectivity index (χ2v) is 9.36. The molecule has 0 aliphatic rings. The van der Waals surface area contributed by atoms with Gasteiger partial charge in [0.15, 0.2) is 0 Å². The number of hydrogen-bond acceptors (Lipinski definition) is 8. The van der Waals surface area contributed by atoms with E-state index in [2.05, 4.69) is 41.6 Å². The predicted octanol–water partition coefficient (Wildman–Crippen LogP) is 4.28. The van der Waals surface area contributed by atoms with E-state index in [-0.39, 0.29) is 0 Å². The van der Waals surface area contributed by atoms with Crippen LogP contribution in [0.4, 0.5) is 5.69 Å². The van der Waals surface area contributed by atoms with Gasteiger partial charge in [-0.05, 0) is 55.5 Å². The molecule has 4 heterocycles. The molecule has 0 fully saturated rings. The zero-order chi connectivity index (χ0) is 26.6. The Hall–Kier alpha value is -3.98. The van der Waals surface area contributed by atoms with Gasteiger partial charge in [0.2, 0.25) is 0 Å². The smallest absolute Gasteiger partial charge is 0.0794 e. The van der Waals surface area contributed by atoms with Crippen LogP contribution in [0.5, 0.6) is 0 Å². The third kappa shape index (κ3) is 8.85. The minimum absolute atomic E-state index is 0.445. The van der Waals surface area contributed by atoms with Crippen molar-refractivity contribution in [1.29, 1.82) is 0 Å². The highest BCUT2D eigenvalue weighted by molar-refractivity contribution is 5.51. The van der Waals surface area contributed by atoms with Crippen molar-refractivity contribution in [3.63, 3.8) is 0 Å². The van der Waals surface area contributed by atoms with Crippen LogP contribution in [-0.2, 0) is 26.2 Å². The number of anilines is 1. The van der Waals surface area contributed by atoms with Gasteiger partial charge < -0.3 is 10.4 Å². The first kappa shape index (κ1) is 27.1. The number of rotatable bonds is 14. The summed E-state index contributed by atoms with van der Waals surface area (Å²) in [4.78, 5) is 22.5. The Labute approximate surface area is 224 Å². The third-order valence-corrected chi connectivity index (χ3v) is 5.88. The average molecular weight is 510 g/mol. The predicted molar refractivity (Wildman–Crippen MR) is 150 cm³/mol. The van der Waals surface area contributed by atoms with E-state index in [0.29, 0.717) is 39.3 Å². The first-order valence-corrected chi connectivity index (χ1v) is 12.7. The van der Waals surface area contributed by atoms with Gasteiger partial charge in [0.05, 0.1) is 34.6 Å². The Morgan fingerprint density at radius 3 is 1.63 bits per heavy atom. The van der Waals surface area contributed by atoms with Gasteiger partial charge in [-0.2, -0.15) is 0 Å². The molecule has 0 saturated carbocycles. The summed E-state index contributed by atoms with van der Waals surface area (Å²) in [6, 6.07) is 21.6. The summed E-state index contributed by atoms with van der Waals surface area (Å²) in [6.45, 7) is 9.16. The van der Waals surface area contributed by atoms with Gasteiger partial charge in [-0.3, -0.25) is 29.7 Å². The van der Waals surface area contributed by atoms with Crippen molar-refractivity contribution in [1.82, 2.24) is 29.7 Å². The lowest BCUT2D eigenvalue weighted by atomic mass is 10.2. The van der Waals surface area contributed by atoms with Gasteiger partial charge >= 0.3 is 0 Å². The third-order valence-electron chi connectivity index (χ3n) is 5.88. The van der Waals surface area contributed by atoms with E-state index in [1.165, 1.54) is 0 Å². The lowest BCUT2D eigenvalue weighted by Crippen LogP contribution is -2.40. The molecule has 0 bridgehead atoms. The summed E-state index contributed by atoms with van der Waals surface area (Å²) in [5, 5.41) is 14.6. The SMILES string of the molecule is C=C(C)Nc1cccnc1CN(Cc1ccccn1)CC(O)CN(Cc1ccccn1)Cc1ccccn1. The Balaban J connectivity index is 1.50. The van der Waals surface area contributed by atoms with Crippen LogP contribution in [-0.4, -0.2) is 54.0 Å². The molecule has 4 aromatic rings. The highest BCUT2D eigenvalue weighted by atomic mass is 16.3. The lowest BCUT2D eigenvalue weighted by Gasteiger charge is -2.29. The largest absolute Gasteiger partial charge is 0.390 e. The van der Waals surface area contributed by atoms with Gasteiger partial charge in [-0.1, -0.05) is 24.8 Å². The van der Waals surface area contributed by atoms with Crippen molar-refractivity contribution >= 4 is 5.69 Å². The molecule has 38 heavy (non-hydrogen) atoms. The number of nitrogens with one attached hydrogen (secondary N) is 1. The molecule has 8 heteroatoms. The molecule has 1 atom stereocenters. The van der Waals surface area contributed by atoms with E-state index < -0.39 is 6.10 Å². The summed E-state index contributed by atoms with van der Waals surface area (Å²) in [5.74, 6) is 0. The van der Waals surface area contributed by atoms with Crippen LogP contribution >= 0.6 is 0 Å². The minimum atomic E-state index is -0.618. The van der Waals surface area contributed by atoms with Crippen LogP contribution in [0.2, 0.25) is 0 Å². The Morgan fingerprint density at radius 1 is 0.711 bits per heavy atom. The summed E-state index contributed by atoms with van der Waals surface area (Å²) < 4.78 is 0. The van der Waals surface area contributed by atoms with E-state index in [9.17, 15) is 5.11 Å². The van der Waals surface area contributed by atoms with Crippen molar-refractivity contribution in [3.8, 4) is 0 Å². The zero-order valence-corrected chi connectivity index (χ0v) is 21.8. The van der Waals surface area contributed by atoms with Crippen molar-refractivity contribution in [2.24, 2.45) is 0 Å². The maximum absolute atomic E-state index is 11.3. The second kappa shape index (κ2) is 14.1. The van der Waals surface area contributed by atoms with Crippen LogP contribution in [0.25, 0.3) is 0 Å². The first-order valence-electron chi connectivity index (χ1n) is 12.7. The molecule has 0 aliphatic carbocycles. The number of aromatic nitrogens is 4. The molecule has 4 aromatic heterocycles. The van der Waals surface area contributed by atoms with Crippen molar-refractivity contribution in [3.05, 3.63) is 127 Å². The molecule has 4 rings (SSSR count). The van der Waals surface area contributed by atoms with Crippen LogP contribution < -0.4 is 5.32 Å². The van der Waals surface area contributed by atoms with Gasteiger partial charge in [0.25, 0.3) is 0 Å². The van der Waals surface area contributed by atoms with Crippen LogP contribution in [0.15, 0.2) is 104 Å². The monoisotopic (exact) mass is 509 g/mol. The number of aliphatic hydroxyl groups excluding tert-OH is 1. The minimum Gasteiger partial charge on any atom is -0.390 e. The van der Waals surface area contributed by atoms with E-state index in [4.69, 9.17) is 0 Å². The van der Waals surface area contributed by atoms with Gasteiger partial charge in [-0.25, -0.2) is 0 Å². The number of hydrogen-bond donors (Lipinski definition) is 2. The average Bonchev–Trinajstić information content (AvgIpc) is 2.91. The standard InChI is InChI=1S/C30H35N7O/c1-24(2)35-29-13-9-17-34-30(29)23-37(20-27-12-5-8-16-33-27)22-28(38)21-36(18-25-10-3-6-14-31-25)19-26-11-4-7-15-32-26/h3-17,28,35,38H,1,18-23H2,2H3.